The summed E-state index contributed by atoms with van der Waals surface area (Å²) < 4.78 is 117. The molecule has 0 aliphatic heterocycles. The van der Waals surface area contributed by atoms with Gasteiger partial charge in [0.25, 0.3) is 15.7 Å². The van der Waals surface area contributed by atoms with Crippen molar-refractivity contribution in [3.63, 3.8) is 0 Å². The van der Waals surface area contributed by atoms with Crippen LogP contribution >= 0.6 is 11.6 Å². The number of ether oxygens (including phenoxy) is 3. The molecule has 288 valence electrons. The Hall–Kier alpha value is -6.50. The molecular formula is C28H19ClF6N6O12S. The molecule has 18 nitrogen and oxygen atoms in total. The Kier molecular flexibility index (Phi) is 12.8. The Balaban J connectivity index is 0.000000297. The van der Waals surface area contributed by atoms with E-state index in [1.54, 1.807) is 0 Å². The molecule has 2 aromatic carbocycles. The van der Waals surface area contributed by atoms with Crippen LogP contribution in [-0.4, -0.2) is 70.7 Å². The third-order valence-corrected chi connectivity index (χ3v) is 7.64. The molecule has 4 N–H and O–H groups in total. The van der Waals surface area contributed by atoms with Gasteiger partial charge in [0.2, 0.25) is 17.7 Å². The second-order valence-corrected chi connectivity index (χ2v) is 11.7. The van der Waals surface area contributed by atoms with E-state index in [0.29, 0.717) is 18.2 Å². The minimum atomic E-state index is -5.14. The number of aromatic nitrogens is 3. The number of nitro benzene ring substituents is 1. The van der Waals surface area contributed by atoms with Crippen molar-refractivity contribution < 1.29 is 78.5 Å². The summed E-state index contributed by atoms with van der Waals surface area (Å²) in [5.74, 6) is -4.31. The normalized spacial score (nSPS) is 11.4. The Labute approximate surface area is 301 Å². The first-order chi connectivity index (χ1) is 25.0. The lowest BCUT2D eigenvalue weighted by molar-refractivity contribution is -0.385. The fourth-order valence-electron chi connectivity index (χ4n) is 3.73. The van der Waals surface area contributed by atoms with Gasteiger partial charge >= 0.3 is 30.3 Å². The van der Waals surface area contributed by atoms with Gasteiger partial charge < -0.3 is 24.4 Å². The molecule has 4 rings (SSSR count). The van der Waals surface area contributed by atoms with Gasteiger partial charge in [-0.05, 0) is 36.4 Å². The van der Waals surface area contributed by atoms with Crippen molar-refractivity contribution in [2.45, 2.75) is 17.4 Å². The van der Waals surface area contributed by atoms with Crippen LogP contribution in [0, 0.1) is 10.1 Å². The second-order valence-electron chi connectivity index (χ2n) is 9.67. The first-order valence-corrected chi connectivity index (χ1v) is 15.5. The van der Waals surface area contributed by atoms with Gasteiger partial charge in [-0.15, -0.1) is 0 Å². The maximum absolute atomic E-state index is 12.8. The average Bonchev–Trinajstić information content (AvgIpc) is 3.07. The van der Waals surface area contributed by atoms with Crippen LogP contribution in [0.25, 0.3) is 0 Å². The highest BCUT2D eigenvalue weighted by Gasteiger charge is 2.36. The number of hydrogen-bond donors (Lipinski definition) is 4. The molecule has 26 heteroatoms. The molecule has 2 amide bonds. The number of alkyl halides is 6. The lowest BCUT2D eigenvalue weighted by Crippen LogP contribution is -2.36. The van der Waals surface area contributed by atoms with Crippen molar-refractivity contribution in [3.8, 4) is 23.3 Å². The van der Waals surface area contributed by atoms with E-state index in [1.807, 2.05) is 5.32 Å². The van der Waals surface area contributed by atoms with E-state index in [4.69, 9.17) is 36.0 Å². The predicted octanol–water partition coefficient (Wildman–Crippen LogP) is 5.87. The summed E-state index contributed by atoms with van der Waals surface area (Å²) in [5.41, 5.74) is -5.00. The number of anilines is 1. The van der Waals surface area contributed by atoms with Crippen LogP contribution in [0.4, 0.5) is 42.8 Å². The Morgan fingerprint density at radius 1 is 0.833 bits per heavy atom. The maximum atomic E-state index is 12.8. The largest absolute Gasteiger partial charge is 0.481 e. The number of sulfonamides is 1. The number of urea groups is 1. The lowest BCUT2D eigenvalue weighted by atomic mass is 10.1. The van der Waals surface area contributed by atoms with Gasteiger partial charge in [0.15, 0.2) is 5.03 Å². The number of hydrogen-bond acceptors (Lipinski definition) is 13. The number of methoxy groups -OCH3 is 2. The molecule has 0 bridgehead atoms. The summed E-state index contributed by atoms with van der Waals surface area (Å²) in [7, 11) is -2.66. The third kappa shape index (κ3) is 10.8. The van der Waals surface area contributed by atoms with E-state index >= 15 is 0 Å². The van der Waals surface area contributed by atoms with Crippen LogP contribution < -0.4 is 24.2 Å². The number of halogens is 7. The molecule has 54 heavy (non-hydrogen) atoms. The van der Waals surface area contributed by atoms with E-state index in [1.165, 1.54) is 25.0 Å². The van der Waals surface area contributed by atoms with Crippen LogP contribution in [0.1, 0.15) is 32.0 Å². The molecule has 2 heterocycles. The molecule has 0 aliphatic carbocycles. The Morgan fingerprint density at radius 3 is 1.91 bits per heavy atom. The fourth-order valence-corrected chi connectivity index (χ4v) is 5.00. The highest BCUT2D eigenvalue weighted by Crippen LogP contribution is 2.37. The molecule has 0 aliphatic rings. The van der Waals surface area contributed by atoms with Gasteiger partial charge in [-0.3, -0.25) is 15.4 Å². The van der Waals surface area contributed by atoms with Crippen molar-refractivity contribution in [2.24, 2.45) is 0 Å². The van der Waals surface area contributed by atoms with E-state index in [-0.39, 0.29) is 28.3 Å². The predicted molar refractivity (Wildman–Crippen MR) is 167 cm³/mol. The number of aromatic carboxylic acids is 2. The summed E-state index contributed by atoms with van der Waals surface area (Å²) in [6, 6.07) is 5.69. The minimum Gasteiger partial charge on any atom is -0.481 e. The van der Waals surface area contributed by atoms with Crippen molar-refractivity contribution in [2.75, 3.05) is 19.5 Å². The first-order valence-electron chi connectivity index (χ1n) is 13.7. The third-order valence-electron chi connectivity index (χ3n) is 6.07. The molecular weight excluding hydrogens is 794 g/mol. The number of nitrogens with one attached hydrogen (secondary N) is 2. The zero-order valence-electron chi connectivity index (χ0n) is 26.5. The zero-order valence-corrected chi connectivity index (χ0v) is 28.1. The number of nitrogens with zero attached hydrogens (tertiary/aromatic N) is 4. The summed E-state index contributed by atoms with van der Waals surface area (Å²) in [6.45, 7) is 0. The molecule has 0 fully saturated rings. The number of carboxylic acid groups (broad SMARTS) is 2. The van der Waals surface area contributed by atoms with E-state index in [9.17, 15) is 59.3 Å². The summed E-state index contributed by atoms with van der Waals surface area (Å²) in [4.78, 5) is 54.3. The molecule has 0 atom stereocenters. The number of carbonyl (C=O) groups excluding carboxylic acids is 1. The number of benzene rings is 2. The Morgan fingerprint density at radius 2 is 1.43 bits per heavy atom. The standard InChI is InChI=1S/C14H7ClF3NO5.C14H12F3N5O7S/c15-10-5-7(14(16,17)18)1-4-12(10)24-8-2-3-11(19(22)23)9(6-8)13(20)21;1-28-8-5-9(29-2)20-12(19-8)21-13(25)22-30(26,27)10-6(11(23)24)3-4-7(18-10)14(15,16)17/h1-6H,(H,20,21);3-5H,1-2H3,(H,23,24)(H2,19,20,21,22,25). The molecule has 0 spiro atoms. The van der Waals surface area contributed by atoms with Gasteiger partial charge in [-0.1, -0.05) is 11.6 Å². The maximum Gasteiger partial charge on any atom is 0.433 e. The molecule has 0 unspecified atom stereocenters. The van der Waals surface area contributed by atoms with Crippen molar-refractivity contribution >= 4 is 51.2 Å². The number of nitro groups is 1. The summed E-state index contributed by atoms with van der Waals surface area (Å²) >= 11 is 5.72. The second kappa shape index (κ2) is 16.4. The van der Waals surface area contributed by atoms with Gasteiger partial charge in [-0.25, -0.2) is 24.1 Å². The van der Waals surface area contributed by atoms with Crippen LogP contribution in [0.5, 0.6) is 23.3 Å². The summed E-state index contributed by atoms with van der Waals surface area (Å²) in [6.07, 6.45) is -9.64. The molecule has 0 saturated heterocycles. The molecule has 2 aromatic heterocycles. The zero-order chi connectivity index (χ0) is 40.8. The van der Waals surface area contributed by atoms with E-state index in [2.05, 4.69) is 15.0 Å². The van der Waals surface area contributed by atoms with Crippen LogP contribution in [0.3, 0.4) is 0 Å². The lowest BCUT2D eigenvalue weighted by Gasteiger charge is -2.12. The molecule has 0 radical (unpaired) electrons. The monoisotopic (exact) mass is 812 g/mol. The van der Waals surface area contributed by atoms with Crippen LogP contribution in [0.15, 0.2) is 59.6 Å². The van der Waals surface area contributed by atoms with Crippen molar-refractivity contribution in [1.82, 2.24) is 19.7 Å². The van der Waals surface area contributed by atoms with Gasteiger partial charge in [0.1, 0.15) is 22.8 Å². The highest BCUT2D eigenvalue weighted by atomic mass is 35.5. The highest BCUT2D eigenvalue weighted by molar-refractivity contribution is 7.90. The van der Waals surface area contributed by atoms with Crippen LogP contribution in [-0.2, 0) is 22.4 Å². The summed E-state index contributed by atoms with van der Waals surface area (Å²) in [5, 5.41) is 28.8. The van der Waals surface area contributed by atoms with Gasteiger partial charge in [0, 0.05) is 12.1 Å². The van der Waals surface area contributed by atoms with Crippen LogP contribution in [0.2, 0.25) is 5.02 Å². The van der Waals surface area contributed by atoms with Crippen molar-refractivity contribution in [1.29, 1.82) is 0 Å². The number of carbonyl (C=O) groups is 3. The molecule has 0 saturated carbocycles. The smallest absolute Gasteiger partial charge is 0.433 e. The Bertz CT molecular complexity index is 2200. The van der Waals surface area contributed by atoms with E-state index in [0.717, 1.165) is 30.3 Å². The average molecular weight is 813 g/mol. The SMILES string of the molecule is COc1cc(OC)nc(NC(=O)NS(=O)(=O)c2nc(C(F)(F)F)ccc2C(=O)O)n1.O=C(O)c1cc(Oc2ccc(C(F)(F)F)cc2Cl)ccc1[N+](=O)[O-]. The van der Waals surface area contributed by atoms with Gasteiger partial charge in [-0.2, -0.15) is 44.7 Å². The molecule has 4 aromatic rings. The van der Waals surface area contributed by atoms with E-state index < -0.39 is 84.3 Å². The number of rotatable bonds is 10. The first kappa shape index (κ1) is 41.9. The number of amides is 2. The number of carboxylic acids is 2. The minimum absolute atomic E-state index is 0.0623. The number of pyridine rings is 1. The fraction of sp³-hybridized carbons (Fsp3) is 0.143. The van der Waals surface area contributed by atoms with Gasteiger partial charge in [0.05, 0.1) is 41.4 Å². The van der Waals surface area contributed by atoms with Crippen molar-refractivity contribution in [3.05, 3.63) is 92.1 Å². The topological polar surface area (TPSA) is 259 Å². The quantitative estimate of drug-likeness (QED) is 0.0829.